The van der Waals surface area contributed by atoms with E-state index in [1.54, 1.807) is 31.2 Å². The molecule has 0 saturated carbocycles. The second kappa shape index (κ2) is 7.68. The van der Waals surface area contributed by atoms with Crippen LogP contribution in [0, 0.1) is 10.1 Å². The molecule has 0 amide bonds. The summed E-state index contributed by atoms with van der Waals surface area (Å²) in [6.45, 7) is 4.71. The predicted octanol–water partition coefficient (Wildman–Crippen LogP) is 4.02. The van der Waals surface area contributed by atoms with E-state index in [0.29, 0.717) is 23.2 Å². The Balaban J connectivity index is 1.61. The summed E-state index contributed by atoms with van der Waals surface area (Å²) < 4.78 is 28.5. The molecule has 4 rings (SSSR count). The number of nitro groups is 1. The zero-order chi connectivity index (χ0) is 20.6. The Hall–Kier alpha value is -2.58. The molecule has 152 valence electrons. The maximum Gasteiger partial charge on any atom is 0.346 e. The van der Waals surface area contributed by atoms with Gasteiger partial charge in [0.25, 0.3) is 0 Å². The first-order valence-corrected chi connectivity index (χ1v) is 10.7. The third-order valence-corrected chi connectivity index (χ3v) is 7.55. The molecule has 2 aromatic carbocycles. The Labute approximate surface area is 167 Å². The lowest BCUT2D eigenvalue weighted by molar-refractivity contribution is -0.385. The number of aldehydes is 1. The molecule has 9 nitrogen and oxygen atoms in total. The number of carbonyl (C=O) groups is 1. The fourth-order valence-electron chi connectivity index (χ4n) is 2.97. The van der Waals surface area contributed by atoms with E-state index in [9.17, 15) is 19.5 Å². The van der Waals surface area contributed by atoms with Crippen LogP contribution in [0.4, 0.5) is 5.69 Å². The van der Waals surface area contributed by atoms with Crippen molar-refractivity contribution in [2.75, 3.05) is 26.2 Å². The molecule has 10 heteroatoms. The third-order valence-electron chi connectivity index (χ3n) is 4.73. The first-order chi connectivity index (χ1) is 13.9. The van der Waals surface area contributed by atoms with Crippen molar-refractivity contribution in [3.63, 3.8) is 0 Å². The lowest BCUT2D eigenvalue weighted by Gasteiger charge is -2.24. The lowest BCUT2D eigenvalue weighted by atomic mass is 10.1. The molecule has 1 unspecified atom stereocenters. The summed E-state index contributed by atoms with van der Waals surface area (Å²) in [5.41, 5.74) is 0.800. The maximum absolute atomic E-state index is 13.2. The molecule has 2 saturated heterocycles. The number of benzene rings is 2. The molecule has 1 atom stereocenters. The molecule has 29 heavy (non-hydrogen) atoms. The summed E-state index contributed by atoms with van der Waals surface area (Å²) >= 11 is 0. The molecule has 2 aliphatic rings. The molecule has 0 aromatic heterocycles. The van der Waals surface area contributed by atoms with Crippen LogP contribution in [0.5, 0.6) is 11.5 Å². The molecule has 0 aliphatic carbocycles. The molecular weight excluding hydrogens is 397 g/mol. The van der Waals surface area contributed by atoms with Crippen molar-refractivity contribution < 1.29 is 23.5 Å². The van der Waals surface area contributed by atoms with Crippen molar-refractivity contribution in [2.45, 2.75) is 13.0 Å². The zero-order valence-corrected chi connectivity index (χ0v) is 16.7. The van der Waals surface area contributed by atoms with E-state index < -0.39 is 18.7 Å². The summed E-state index contributed by atoms with van der Waals surface area (Å²) in [6, 6.07) is 10.8. The van der Waals surface area contributed by atoms with Crippen LogP contribution in [0.1, 0.15) is 28.9 Å². The largest absolute Gasteiger partial charge is 0.450 e. The van der Waals surface area contributed by atoms with Gasteiger partial charge in [-0.15, -0.1) is 0 Å². The summed E-state index contributed by atoms with van der Waals surface area (Å²) in [7, 11) is -3.03. The minimum absolute atomic E-state index is 0.0271. The van der Waals surface area contributed by atoms with Gasteiger partial charge in [0.2, 0.25) is 5.75 Å². The first-order valence-electron chi connectivity index (χ1n) is 9.21. The highest BCUT2D eigenvalue weighted by Gasteiger charge is 2.50. The zero-order valence-electron chi connectivity index (χ0n) is 15.8. The number of rotatable bonds is 9. The molecular formula is C19H20N3O6P. The normalized spacial score (nSPS) is 17.6. The second-order valence-corrected chi connectivity index (χ2v) is 9.25. The minimum atomic E-state index is -3.03. The van der Waals surface area contributed by atoms with Crippen molar-refractivity contribution in [3.05, 3.63) is 63.7 Å². The summed E-state index contributed by atoms with van der Waals surface area (Å²) in [5.74, 6) is 0.335. The molecule has 2 aromatic rings. The van der Waals surface area contributed by atoms with Gasteiger partial charge in [0, 0.05) is 37.8 Å². The van der Waals surface area contributed by atoms with Crippen molar-refractivity contribution in [1.29, 1.82) is 0 Å². The molecule has 2 fully saturated rings. The molecule has 2 heterocycles. The highest BCUT2D eigenvalue weighted by molar-refractivity contribution is 7.54. The summed E-state index contributed by atoms with van der Waals surface area (Å²) in [6.07, 6.45) is 0.123. The standard InChI is InChI=1S/C19H20N3O6P/c1-14(28-29(26,20-7-8-20)21-9-10-21)16-5-6-18(22(24)25)19(12-16)27-17-4-2-3-15(11-17)13-23/h2-6,11-14H,7-10H2,1H3. The van der Waals surface area contributed by atoms with Gasteiger partial charge in [-0.25, -0.2) is 9.34 Å². The quantitative estimate of drug-likeness (QED) is 0.198. The number of hydrogen-bond acceptors (Lipinski definition) is 6. The number of nitro benzene ring substituents is 1. The van der Waals surface area contributed by atoms with Gasteiger partial charge >= 0.3 is 13.4 Å². The van der Waals surface area contributed by atoms with Crippen molar-refractivity contribution in [1.82, 2.24) is 9.34 Å². The number of carbonyl (C=O) groups excluding carboxylic acids is 1. The molecule has 0 bridgehead atoms. The monoisotopic (exact) mass is 417 g/mol. The Kier molecular flexibility index (Phi) is 5.23. The van der Waals surface area contributed by atoms with E-state index in [4.69, 9.17) is 9.26 Å². The first kappa shape index (κ1) is 19.7. The average Bonchev–Trinajstić information content (AvgIpc) is 3.58. The van der Waals surface area contributed by atoms with Crippen molar-refractivity contribution in [2.24, 2.45) is 0 Å². The maximum atomic E-state index is 13.2. The Morgan fingerprint density at radius 1 is 1.14 bits per heavy atom. The van der Waals surface area contributed by atoms with Gasteiger partial charge in [0.15, 0.2) is 0 Å². The smallest absolute Gasteiger partial charge is 0.346 e. The van der Waals surface area contributed by atoms with Crippen LogP contribution in [0.2, 0.25) is 0 Å². The van der Waals surface area contributed by atoms with E-state index in [2.05, 4.69) is 0 Å². The lowest BCUT2D eigenvalue weighted by Crippen LogP contribution is -2.10. The summed E-state index contributed by atoms with van der Waals surface area (Å²) in [5, 5.41) is 11.4. The van der Waals surface area contributed by atoms with E-state index in [-0.39, 0.29) is 11.4 Å². The van der Waals surface area contributed by atoms with E-state index >= 15 is 0 Å². The van der Waals surface area contributed by atoms with Gasteiger partial charge in [0.05, 0.1) is 11.0 Å². The molecule has 2 aliphatic heterocycles. The third kappa shape index (κ3) is 4.23. The van der Waals surface area contributed by atoms with Crippen molar-refractivity contribution in [3.8, 4) is 11.5 Å². The fraction of sp³-hybridized carbons (Fsp3) is 0.316. The number of ether oxygens (including phenoxy) is 1. The average molecular weight is 417 g/mol. The van der Waals surface area contributed by atoms with Crippen molar-refractivity contribution >= 4 is 19.6 Å². The van der Waals surface area contributed by atoms with Gasteiger partial charge in [-0.1, -0.05) is 12.1 Å². The highest BCUT2D eigenvalue weighted by atomic mass is 31.2. The minimum Gasteiger partial charge on any atom is -0.450 e. The SMILES string of the molecule is CC(OP(=O)(N1CC1)N1CC1)c1ccc([N+](=O)[O-])c(Oc2cccc(C=O)c2)c1. The van der Waals surface area contributed by atoms with Crippen LogP contribution < -0.4 is 4.74 Å². The molecule has 0 radical (unpaired) electrons. The van der Waals surface area contributed by atoms with Crippen LogP contribution in [-0.2, 0) is 9.09 Å². The van der Waals surface area contributed by atoms with E-state index in [0.717, 1.165) is 26.2 Å². The molecule has 0 N–H and O–H groups in total. The van der Waals surface area contributed by atoms with Gasteiger partial charge in [-0.3, -0.25) is 24.0 Å². The fourth-order valence-corrected chi connectivity index (χ4v) is 5.32. The molecule has 0 spiro atoms. The van der Waals surface area contributed by atoms with E-state index in [1.165, 1.54) is 18.2 Å². The second-order valence-electron chi connectivity index (χ2n) is 6.92. The van der Waals surface area contributed by atoms with Crippen LogP contribution in [-0.4, -0.2) is 46.7 Å². The summed E-state index contributed by atoms with van der Waals surface area (Å²) in [4.78, 5) is 21.9. The van der Waals surface area contributed by atoms with Crippen LogP contribution in [0.3, 0.4) is 0 Å². The highest BCUT2D eigenvalue weighted by Crippen LogP contribution is 2.63. The Morgan fingerprint density at radius 2 is 1.83 bits per heavy atom. The van der Waals surface area contributed by atoms with Gasteiger partial charge in [0.1, 0.15) is 12.0 Å². The topological polar surface area (TPSA) is 102 Å². The van der Waals surface area contributed by atoms with Gasteiger partial charge < -0.3 is 4.74 Å². The Bertz CT molecular complexity index is 989. The van der Waals surface area contributed by atoms with Gasteiger partial charge in [-0.05, 0) is 36.8 Å². The Morgan fingerprint density at radius 3 is 2.41 bits per heavy atom. The van der Waals surface area contributed by atoms with Crippen LogP contribution in [0.15, 0.2) is 42.5 Å². The van der Waals surface area contributed by atoms with Crippen LogP contribution >= 0.6 is 7.67 Å². The van der Waals surface area contributed by atoms with Crippen LogP contribution in [0.25, 0.3) is 0 Å². The van der Waals surface area contributed by atoms with E-state index in [1.807, 2.05) is 9.34 Å². The number of hydrogen-bond donors (Lipinski definition) is 0. The number of nitrogens with zero attached hydrogens (tertiary/aromatic N) is 3. The van der Waals surface area contributed by atoms with Gasteiger partial charge in [-0.2, -0.15) is 0 Å². The predicted molar refractivity (Wildman–Crippen MR) is 105 cm³/mol.